The van der Waals surface area contributed by atoms with Crippen LogP contribution in [-0.2, 0) is 10.0 Å². The highest BCUT2D eigenvalue weighted by Gasteiger charge is 2.13. The molecule has 1 N–H and O–H groups in total. The normalized spacial score (nSPS) is 11.6. The average molecular weight is 278 g/mol. The van der Waals surface area contributed by atoms with Crippen LogP contribution in [0.15, 0.2) is 17.3 Å². The molecule has 1 aromatic rings. The van der Waals surface area contributed by atoms with E-state index < -0.39 is 10.0 Å². The first-order chi connectivity index (χ1) is 8.06. The van der Waals surface area contributed by atoms with E-state index in [1.54, 1.807) is 0 Å². The molecule has 7 heteroatoms. The van der Waals surface area contributed by atoms with Crippen LogP contribution < -0.4 is 4.72 Å². The van der Waals surface area contributed by atoms with Crippen molar-refractivity contribution in [1.82, 2.24) is 14.7 Å². The summed E-state index contributed by atoms with van der Waals surface area (Å²) in [5.41, 5.74) is 0. The van der Waals surface area contributed by atoms with Gasteiger partial charge in [-0.05, 0) is 18.0 Å². The molecule has 0 amide bonds. The summed E-state index contributed by atoms with van der Waals surface area (Å²) < 4.78 is 26.0. The maximum Gasteiger partial charge on any atom is 0.243 e. The van der Waals surface area contributed by atoms with Crippen LogP contribution in [0.1, 0.15) is 32.6 Å². The van der Waals surface area contributed by atoms with E-state index in [0.717, 1.165) is 25.7 Å². The summed E-state index contributed by atoms with van der Waals surface area (Å²) in [6.45, 7) is 2.54. The Kier molecular flexibility index (Phi) is 5.80. The third kappa shape index (κ3) is 4.97. The van der Waals surface area contributed by atoms with E-state index in [2.05, 4.69) is 21.6 Å². The Morgan fingerprint density at radius 1 is 1.24 bits per heavy atom. The van der Waals surface area contributed by atoms with Crippen LogP contribution in [-0.4, -0.2) is 24.9 Å². The first kappa shape index (κ1) is 14.3. The van der Waals surface area contributed by atoms with Gasteiger partial charge in [-0.1, -0.05) is 26.2 Å². The largest absolute Gasteiger partial charge is 0.243 e. The average Bonchev–Trinajstić information content (AvgIpc) is 2.29. The minimum atomic E-state index is -3.50. The number of rotatable bonds is 7. The highest BCUT2D eigenvalue weighted by Crippen LogP contribution is 2.07. The highest BCUT2D eigenvalue weighted by atomic mass is 35.5. The van der Waals surface area contributed by atoms with Gasteiger partial charge in [-0.25, -0.2) is 23.1 Å². The second-order valence-corrected chi connectivity index (χ2v) is 5.75. The Morgan fingerprint density at radius 3 is 2.47 bits per heavy atom. The van der Waals surface area contributed by atoms with Crippen LogP contribution in [0, 0.1) is 0 Å². The Morgan fingerprint density at radius 2 is 1.88 bits per heavy atom. The predicted octanol–water partition coefficient (Wildman–Crippen LogP) is 1.99. The van der Waals surface area contributed by atoms with Gasteiger partial charge in [-0.15, -0.1) is 0 Å². The predicted molar refractivity (Wildman–Crippen MR) is 66.4 cm³/mol. The SMILES string of the molecule is CCCCCCNS(=O)(=O)c1cnc(Cl)nc1. The number of hydrogen-bond donors (Lipinski definition) is 1. The van der Waals surface area contributed by atoms with E-state index in [1.807, 2.05) is 0 Å². The van der Waals surface area contributed by atoms with Crippen molar-refractivity contribution >= 4 is 21.6 Å². The van der Waals surface area contributed by atoms with Crippen LogP contribution in [0.3, 0.4) is 0 Å². The molecule has 0 saturated heterocycles. The van der Waals surface area contributed by atoms with E-state index in [-0.39, 0.29) is 10.2 Å². The van der Waals surface area contributed by atoms with Crippen molar-refractivity contribution in [3.63, 3.8) is 0 Å². The number of sulfonamides is 1. The molecule has 0 aromatic carbocycles. The van der Waals surface area contributed by atoms with Crippen molar-refractivity contribution in [3.05, 3.63) is 17.7 Å². The van der Waals surface area contributed by atoms with Crippen LogP contribution in [0.25, 0.3) is 0 Å². The highest BCUT2D eigenvalue weighted by molar-refractivity contribution is 7.89. The maximum atomic E-state index is 11.7. The zero-order chi connectivity index (χ0) is 12.7. The van der Waals surface area contributed by atoms with Gasteiger partial charge in [0.15, 0.2) is 0 Å². The maximum absolute atomic E-state index is 11.7. The van der Waals surface area contributed by atoms with Gasteiger partial charge in [-0.3, -0.25) is 0 Å². The first-order valence-electron chi connectivity index (χ1n) is 5.53. The van der Waals surface area contributed by atoms with Gasteiger partial charge < -0.3 is 0 Å². The number of nitrogens with zero attached hydrogens (tertiary/aromatic N) is 2. The molecule has 96 valence electrons. The molecule has 0 fully saturated rings. The number of halogens is 1. The minimum absolute atomic E-state index is 0.0342. The van der Waals surface area contributed by atoms with Crippen LogP contribution in [0.4, 0.5) is 0 Å². The third-order valence-corrected chi connectivity index (χ3v) is 3.84. The van der Waals surface area contributed by atoms with Gasteiger partial charge >= 0.3 is 0 Å². The standard InChI is InChI=1S/C10H16ClN3O2S/c1-2-3-4-5-6-14-17(15,16)9-7-12-10(11)13-8-9/h7-8,14H,2-6H2,1H3. The monoisotopic (exact) mass is 277 g/mol. The quantitative estimate of drug-likeness (QED) is 0.611. The number of nitrogens with one attached hydrogen (secondary N) is 1. The zero-order valence-electron chi connectivity index (χ0n) is 9.69. The summed E-state index contributed by atoms with van der Waals surface area (Å²) in [5.74, 6) is 0. The lowest BCUT2D eigenvalue weighted by Crippen LogP contribution is -2.25. The van der Waals surface area contributed by atoms with Gasteiger partial charge in [-0.2, -0.15) is 0 Å². The number of hydrogen-bond acceptors (Lipinski definition) is 4. The molecule has 0 radical (unpaired) electrons. The van der Waals surface area contributed by atoms with E-state index in [0.29, 0.717) is 6.54 Å². The van der Waals surface area contributed by atoms with Crippen molar-refractivity contribution in [2.45, 2.75) is 37.5 Å². The molecule has 0 atom stereocenters. The lowest BCUT2D eigenvalue weighted by molar-refractivity contribution is 0.573. The molecule has 17 heavy (non-hydrogen) atoms. The van der Waals surface area contributed by atoms with Gasteiger partial charge in [0, 0.05) is 6.54 Å². The fourth-order valence-corrected chi connectivity index (χ4v) is 2.34. The molecule has 1 rings (SSSR count). The van der Waals surface area contributed by atoms with E-state index in [4.69, 9.17) is 11.6 Å². The summed E-state index contributed by atoms with van der Waals surface area (Å²) in [6.07, 6.45) is 6.49. The fourth-order valence-electron chi connectivity index (χ4n) is 1.28. The molecular formula is C10H16ClN3O2S. The topological polar surface area (TPSA) is 72.0 Å². The van der Waals surface area contributed by atoms with Gasteiger partial charge in [0.25, 0.3) is 0 Å². The molecular weight excluding hydrogens is 262 g/mol. The van der Waals surface area contributed by atoms with Crippen molar-refractivity contribution in [2.24, 2.45) is 0 Å². The Hall–Kier alpha value is -0.720. The molecule has 0 spiro atoms. The molecule has 0 unspecified atom stereocenters. The Bertz CT molecular complexity index is 433. The van der Waals surface area contributed by atoms with Gasteiger partial charge in [0.05, 0.1) is 12.4 Å². The third-order valence-electron chi connectivity index (χ3n) is 2.23. The molecule has 1 aromatic heterocycles. The molecule has 1 heterocycles. The van der Waals surface area contributed by atoms with E-state index in [9.17, 15) is 8.42 Å². The molecule has 0 saturated carbocycles. The summed E-state index contributed by atoms with van der Waals surface area (Å²) in [7, 11) is -3.50. The Balaban J connectivity index is 2.48. The second kappa shape index (κ2) is 6.88. The molecule has 0 aliphatic heterocycles. The van der Waals surface area contributed by atoms with Crippen LogP contribution >= 0.6 is 11.6 Å². The van der Waals surface area contributed by atoms with Crippen molar-refractivity contribution in [1.29, 1.82) is 0 Å². The van der Waals surface area contributed by atoms with Crippen LogP contribution in [0.5, 0.6) is 0 Å². The Labute approximate surface area is 107 Å². The van der Waals surface area contributed by atoms with Crippen LogP contribution in [0.2, 0.25) is 5.28 Å². The van der Waals surface area contributed by atoms with Gasteiger partial charge in [0.2, 0.25) is 15.3 Å². The van der Waals surface area contributed by atoms with E-state index >= 15 is 0 Å². The molecule has 0 bridgehead atoms. The van der Waals surface area contributed by atoms with Crippen molar-refractivity contribution in [2.75, 3.05) is 6.54 Å². The van der Waals surface area contributed by atoms with Crippen molar-refractivity contribution in [3.8, 4) is 0 Å². The molecule has 0 aliphatic carbocycles. The molecule has 5 nitrogen and oxygen atoms in total. The lowest BCUT2D eigenvalue weighted by atomic mass is 10.2. The fraction of sp³-hybridized carbons (Fsp3) is 0.600. The smallest absolute Gasteiger partial charge is 0.225 e. The van der Waals surface area contributed by atoms with Crippen molar-refractivity contribution < 1.29 is 8.42 Å². The lowest BCUT2D eigenvalue weighted by Gasteiger charge is -2.05. The summed E-state index contributed by atoms with van der Waals surface area (Å²) in [4.78, 5) is 7.32. The van der Waals surface area contributed by atoms with E-state index in [1.165, 1.54) is 12.4 Å². The van der Waals surface area contributed by atoms with Gasteiger partial charge in [0.1, 0.15) is 4.90 Å². The first-order valence-corrected chi connectivity index (χ1v) is 7.39. The number of unbranched alkanes of at least 4 members (excludes halogenated alkanes) is 3. The molecule has 0 aliphatic rings. The minimum Gasteiger partial charge on any atom is -0.225 e. The summed E-state index contributed by atoms with van der Waals surface area (Å²) >= 11 is 5.49. The number of aromatic nitrogens is 2. The zero-order valence-corrected chi connectivity index (χ0v) is 11.3. The summed E-state index contributed by atoms with van der Waals surface area (Å²) in [6, 6.07) is 0. The second-order valence-electron chi connectivity index (χ2n) is 3.65. The summed E-state index contributed by atoms with van der Waals surface area (Å²) in [5, 5.41) is 0.0342.